The zero-order chi connectivity index (χ0) is 16.5. The molecule has 1 N–H and O–H groups in total. The van der Waals surface area contributed by atoms with Crippen LogP contribution in [0.2, 0.25) is 0 Å². The fraction of sp³-hybridized carbons (Fsp3) is 0.625. The molecule has 0 spiro atoms. The summed E-state index contributed by atoms with van der Waals surface area (Å²) in [5.41, 5.74) is 4.13. The van der Waals surface area contributed by atoms with Crippen molar-refractivity contribution < 1.29 is 9.63 Å². The number of aliphatic imine (C=N–C) groups is 1. The van der Waals surface area contributed by atoms with Crippen LogP contribution < -0.4 is 5.48 Å². The SMILES string of the molecule is C=N/C=C\SCC1=CCN(C(=O)CN2CCC(ONC)C2)CC1. The van der Waals surface area contributed by atoms with Crippen molar-refractivity contribution in [3.05, 3.63) is 23.3 Å². The molecule has 2 aliphatic rings. The fourth-order valence-corrected chi connectivity index (χ4v) is 3.55. The van der Waals surface area contributed by atoms with E-state index in [4.69, 9.17) is 4.84 Å². The Kier molecular flexibility index (Phi) is 7.81. The normalized spacial score (nSPS) is 22.6. The van der Waals surface area contributed by atoms with E-state index in [1.54, 1.807) is 25.0 Å². The fourth-order valence-electron chi connectivity index (χ4n) is 2.80. The highest BCUT2D eigenvalue weighted by molar-refractivity contribution is 8.02. The van der Waals surface area contributed by atoms with Crippen LogP contribution in [0.5, 0.6) is 0 Å². The van der Waals surface area contributed by atoms with Gasteiger partial charge in [0.15, 0.2) is 0 Å². The van der Waals surface area contributed by atoms with Gasteiger partial charge < -0.3 is 4.90 Å². The third kappa shape index (κ3) is 6.10. The average molecular weight is 338 g/mol. The third-order valence-corrected chi connectivity index (χ3v) is 4.91. The molecular weight excluding hydrogens is 312 g/mol. The maximum atomic E-state index is 12.4. The molecule has 0 radical (unpaired) electrons. The lowest BCUT2D eigenvalue weighted by molar-refractivity contribution is -0.132. The Morgan fingerprint density at radius 2 is 2.48 bits per heavy atom. The molecule has 2 heterocycles. The van der Waals surface area contributed by atoms with E-state index in [1.807, 2.05) is 10.3 Å². The molecule has 0 aliphatic carbocycles. The minimum Gasteiger partial charge on any atom is -0.338 e. The summed E-state index contributed by atoms with van der Waals surface area (Å²) in [4.78, 5) is 25.6. The van der Waals surface area contributed by atoms with Crippen LogP contribution >= 0.6 is 11.8 Å². The lowest BCUT2D eigenvalue weighted by Gasteiger charge is -2.28. The van der Waals surface area contributed by atoms with Crippen molar-refractivity contribution in [1.29, 1.82) is 0 Å². The zero-order valence-corrected chi connectivity index (χ0v) is 14.6. The highest BCUT2D eigenvalue weighted by Gasteiger charge is 2.26. The summed E-state index contributed by atoms with van der Waals surface area (Å²) in [7, 11) is 1.77. The van der Waals surface area contributed by atoms with Crippen molar-refractivity contribution in [2.45, 2.75) is 18.9 Å². The van der Waals surface area contributed by atoms with E-state index in [2.05, 4.69) is 28.2 Å². The standard InChI is InChI=1S/C16H26N4O2S/c1-17-6-10-23-13-14-3-8-20(9-4-14)16(21)12-19-7-5-15(11-19)22-18-2/h3,6,10,15,18H,1,4-5,7-9,11-13H2,2H3/b10-6-. The van der Waals surface area contributed by atoms with Crippen molar-refractivity contribution in [1.82, 2.24) is 15.3 Å². The Morgan fingerprint density at radius 3 is 3.17 bits per heavy atom. The topological polar surface area (TPSA) is 57.2 Å². The molecule has 0 aromatic heterocycles. The number of rotatable bonds is 8. The predicted octanol–water partition coefficient (Wildman–Crippen LogP) is 1.28. The number of amides is 1. The van der Waals surface area contributed by atoms with Crippen molar-refractivity contribution in [3.63, 3.8) is 0 Å². The monoisotopic (exact) mass is 338 g/mol. The highest BCUT2D eigenvalue weighted by atomic mass is 32.2. The van der Waals surface area contributed by atoms with Crippen LogP contribution in [0.3, 0.4) is 0 Å². The first-order valence-corrected chi connectivity index (χ1v) is 9.00. The lowest BCUT2D eigenvalue weighted by atomic mass is 10.1. The average Bonchev–Trinajstić information content (AvgIpc) is 2.99. The van der Waals surface area contributed by atoms with Gasteiger partial charge in [0.2, 0.25) is 5.91 Å². The molecule has 7 heteroatoms. The summed E-state index contributed by atoms with van der Waals surface area (Å²) in [5, 5.41) is 1.95. The second kappa shape index (κ2) is 9.87. The van der Waals surface area contributed by atoms with Crippen LogP contribution in [-0.2, 0) is 9.63 Å². The van der Waals surface area contributed by atoms with E-state index in [0.717, 1.165) is 44.8 Å². The predicted molar refractivity (Wildman–Crippen MR) is 95.4 cm³/mol. The van der Waals surface area contributed by atoms with Crippen molar-refractivity contribution in [2.24, 2.45) is 4.99 Å². The van der Waals surface area contributed by atoms with Crippen LogP contribution in [0.1, 0.15) is 12.8 Å². The van der Waals surface area contributed by atoms with E-state index in [0.29, 0.717) is 6.54 Å². The Morgan fingerprint density at radius 1 is 1.61 bits per heavy atom. The van der Waals surface area contributed by atoms with Crippen molar-refractivity contribution >= 4 is 24.4 Å². The zero-order valence-electron chi connectivity index (χ0n) is 13.7. The number of likely N-dealkylation sites (tertiary alicyclic amines) is 1. The summed E-state index contributed by atoms with van der Waals surface area (Å²) < 4.78 is 0. The molecule has 2 rings (SSSR count). The molecule has 0 saturated carbocycles. The van der Waals surface area contributed by atoms with Gasteiger partial charge in [0.05, 0.1) is 12.6 Å². The molecule has 0 aromatic rings. The van der Waals surface area contributed by atoms with Gasteiger partial charge in [-0.2, -0.15) is 0 Å². The number of nitrogens with one attached hydrogen (secondary N) is 1. The maximum absolute atomic E-state index is 12.4. The molecular formula is C16H26N4O2S. The minimum atomic E-state index is 0.191. The largest absolute Gasteiger partial charge is 0.338 e. The van der Waals surface area contributed by atoms with E-state index in [9.17, 15) is 4.79 Å². The number of carbonyl (C=O) groups is 1. The highest BCUT2D eigenvalue weighted by Crippen LogP contribution is 2.18. The van der Waals surface area contributed by atoms with Crippen LogP contribution in [0.4, 0.5) is 0 Å². The third-order valence-electron chi connectivity index (χ3n) is 4.06. The maximum Gasteiger partial charge on any atom is 0.237 e. The minimum absolute atomic E-state index is 0.191. The Hall–Kier alpha value is -1.15. The van der Waals surface area contributed by atoms with Gasteiger partial charge in [0, 0.05) is 45.2 Å². The summed E-state index contributed by atoms with van der Waals surface area (Å²) in [6.45, 7) is 7.19. The van der Waals surface area contributed by atoms with Crippen LogP contribution in [0.25, 0.3) is 0 Å². The second-order valence-corrected chi connectivity index (χ2v) is 6.59. The summed E-state index contributed by atoms with van der Waals surface area (Å²) in [6, 6.07) is 0. The molecule has 128 valence electrons. The number of nitrogens with zero attached hydrogens (tertiary/aromatic N) is 3. The Balaban J connectivity index is 1.70. The quantitative estimate of drug-likeness (QED) is 0.410. The summed E-state index contributed by atoms with van der Waals surface area (Å²) >= 11 is 1.71. The van der Waals surface area contributed by atoms with E-state index < -0.39 is 0 Å². The molecule has 0 bridgehead atoms. The Bertz CT molecular complexity index is 467. The van der Waals surface area contributed by atoms with Crippen molar-refractivity contribution in [3.8, 4) is 0 Å². The number of carbonyl (C=O) groups excluding carboxylic acids is 1. The molecule has 1 atom stereocenters. The molecule has 2 aliphatic heterocycles. The molecule has 1 amide bonds. The Labute approximate surface area is 142 Å². The van der Waals surface area contributed by atoms with Crippen molar-refractivity contribution in [2.75, 3.05) is 45.5 Å². The molecule has 1 fully saturated rings. The molecule has 1 unspecified atom stereocenters. The van der Waals surface area contributed by atoms with Gasteiger partial charge in [0.25, 0.3) is 0 Å². The lowest BCUT2D eigenvalue weighted by Crippen LogP contribution is -2.42. The molecule has 6 nitrogen and oxygen atoms in total. The van der Waals surface area contributed by atoms with E-state index >= 15 is 0 Å². The number of hydrogen-bond acceptors (Lipinski definition) is 6. The first kappa shape index (κ1) is 18.2. The van der Waals surface area contributed by atoms with E-state index in [1.165, 1.54) is 5.57 Å². The number of hydroxylamine groups is 1. The van der Waals surface area contributed by atoms with Crippen LogP contribution in [0, 0.1) is 0 Å². The van der Waals surface area contributed by atoms with Gasteiger partial charge >= 0.3 is 0 Å². The second-order valence-electron chi connectivity index (χ2n) is 5.70. The first-order valence-electron chi connectivity index (χ1n) is 7.95. The van der Waals surface area contributed by atoms with Gasteiger partial charge in [-0.1, -0.05) is 11.6 Å². The van der Waals surface area contributed by atoms with Crippen LogP contribution in [0.15, 0.2) is 28.2 Å². The van der Waals surface area contributed by atoms with Gasteiger partial charge in [-0.05, 0) is 25.0 Å². The van der Waals surface area contributed by atoms with Gasteiger partial charge in [-0.3, -0.25) is 19.5 Å². The number of thioether (sulfide) groups is 1. The first-order chi connectivity index (χ1) is 11.2. The van der Waals surface area contributed by atoms with Crippen LogP contribution in [-0.4, -0.2) is 74.1 Å². The van der Waals surface area contributed by atoms with Gasteiger partial charge in [0.1, 0.15) is 0 Å². The van der Waals surface area contributed by atoms with Gasteiger partial charge in [-0.15, -0.1) is 11.8 Å². The smallest absolute Gasteiger partial charge is 0.237 e. The van der Waals surface area contributed by atoms with E-state index in [-0.39, 0.29) is 12.0 Å². The summed E-state index contributed by atoms with van der Waals surface area (Å²) in [5.74, 6) is 1.18. The molecule has 1 saturated heterocycles. The molecule has 23 heavy (non-hydrogen) atoms. The molecule has 0 aromatic carbocycles. The van der Waals surface area contributed by atoms with Gasteiger partial charge in [-0.25, -0.2) is 5.48 Å². The summed E-state index contributed by atoms with van der Waals surface area (Å²) in [6.07, 6.45) is 6.00. The number of hydrogen-bond donors (Lipinski definition) is 1.